The molecular weight excluding hydrogens is 216 g/mol. The van der Waals surface area contributed by atoms with Crippen molar-refractivity contribution in [3.05, 3.63) is 0 Å². The Kier molecular flexibility index (Phi) is 2.40. The summed E-state index contributed by atoms with van der Waals surface area (Å²) < 4.78 is 0. The van der Waals surface area contributed by atoms with Crippen molar-refractivity contribution < 1.29 is 4.79 Å². The van der Waals surface area contributed by atoms with Gasteiger partial charge in [0.2, 0.25) is 0 Å². The van der Waals surface area contributed by atoms with Crippen LogP contribution in [0.5, 0.6) is 0 Å². The Labute approximate surface area is 102 Å². The molecule has 0 saturated carbocycles. The molecule has 3 aliphatic rings. The molecule has 0 aromatic heterocycles. The van der Waals surface area contributed by atoms with Crippen molar-refractivity contribution in [3.63, 3.8) is 0 Å². The number of carbonyl (C=O) groups excluding carboxylic acids is 1. The van der Waals surface area contributed by atoms with Crippen LogP contribution in [0.2, 0.25) is 0 Å². The molecule has 2 atom stereocenters. The van der Waals surface area contributed by atoms with Crippen LogP contribution in [0.4, 0.5) is 0 Å². The molecule has 0 aliphatic carbocycles. The van der Waals surface area contributed by atoms with Crippen LogP contribution in [0.1, 0.15) is 33.1 Å². The van der Waals surface area contributed by atoms with Crippen molar-refractivity contribution in [2.24, 2.45) is 4.99 Å². The first-order valence-electron chi connectivity index (χ1n) is 6.53. The molecule has 5 heteroatoms. The Morgan fingerprint density at radius 1 is 1.47 bits per heavy atom. The molecule has 3 fully saturated rings. The number of fused-ring (bicyclic) bond motifs is 2. The summed E-state index contributed by atoms with van der Waals surface area (Å²) in [7, 11) is 0. The number of aliphatic imine (C=N–C) groups is 1. The lowest BCUT2D eigenvalue weighted by Gasteiger charge is -2.28. The fourth-order valence-electron chi connectivity index (χ4n) is 3.39. The molecule has 0 radical (unpaired) electrons. The second kappa shape index (κ2) is 3.70. The van der Waals surface area contributed by atoms with Gasteiger partial charge >= 0.3 is 0 Å². The topological polar surface area (TPSA) is 56.7 Å². The van der Waals surface area contributed by atoms with Gasteiger partial charge in [-0.1, -0.05) is 0 Å². The molecule has 0 bridgehead atoms. The first-order valence-corrected chi connectivity index (χ1v) is 6.53. The molecule has 3 rings (SSSR count). The summed E-state index contributed by atoms with van der Waals surface area (Å²) in [5.41, 5.74) is -0.399. The minimum atomic E-state index is -0.399. The molecule has 3 saturated heterocycles. The predicted molar refractivity (Wildman–Crippen MR) is 65.8 cm³/mol. The lowest BCUT2D eigenvalue weighted by atomic mass is 9.89. The number of nitrogens with one attached hydrogen (secondary N) is 2. The van der Waals surface area contributed by atoms with E-state index >= 15 is 0 Å². The van der Waals surface area contributed by atoms with Crippen molar-refractivity contribution in [2.45, 2.75) is 50.7 Å². The second-order valence-corrected chi connectivity index (χ2v) is 5.57. The number of carbonyl (C=O) groups is 1. The van der Waals surface area contributed by atoms with Crippen molar-refractivity contribution in [1.82, 2.24) is 15.5 Å². The highest BCUT2D eigenvalue weighted by Gasteiger charge is 2.57. The van der Waals surface area contributed by atoms with Gasteiger partial charge in [0.15, 0.2) is 5.96 Å². The Hall–Kier alpha value is -1.10. The van der Waals surface area contributed by atoms with Gasteiger partial charge in [0.1, 0.15) is 5.54 Å². The highest BCUT2D eigenvalue weighted by molar-refractivity contribution is 6.09. The van der Waals surface area contributed by atoms with E-state index in [0.29, 0.717) is 12.0 Å². The zero-order valence-corrected chi connectivity index (χ0v) is 10.5. The van der Waals surface area contributed by atoms with Gasteiger partial charge in [0.05, 0.1) is 0 Å². The zero-order valence-electron chi connectivity index (χ0n) is 10.5. The van der Waals surface area contributed by atoms with E-state index < -0.39 is 5.54 Å². The van der Waals surface area contributed by atoms with Crippen LogP contribution < -0.4 is 10.6 Å². The van der Waals surface area contributed by atoms with Gasteiger partial charge in [-0.2, -0.15) is 0 Å². The maximum absolute atomic E-state index is 12.3. The molecule has 3 aliphatic heterocycles. The number of guanidine groups is 1. The summed E-state index contributed by atoms with van der Waals surface area (Å²) in [6.07, 6.45) is 3.23. The fourth-order valence-corrected chi connectivity index (χ4v) is 3.39. The molecule has 3 heterocycles. The van der Waals surface area contributed by atoms with Crippen LogP contribution in [0.15, 0.2) is 4.99 Å². The summed E-state index contributed by atoms with van der Waals surface area (Å²) in [4.78, 5) is 19.1. The smallest absolute Gasteiger partial charge is 0.254 e. The molecule has 5 nitrogen and oxygen atoms in total. The minimum absolute atomic E-state index is 0.117. The first-order chi connectivity index (χ1) is 8.12. The maximum atomic E-state index is 12.3. The quantitative estimate of drug-likeness (QED) is 0.678. The minimum Gasteiger partial charge on any atom is -0.340 e. The third-order valence-electron chi connectivity index (χ3n) is 4.09. The lowest BCUT2D eigenvalue weighted by Crippen LogP contribution is -2.54. The van der Waals surface area contributed by atoms with E-state index in [1.807, 2.05) is 13.8 Å². The van der Waals surface area contributed by atoms with Gasteiger partial charge in [-0.3, -0.25) is 20.0 Å². The molecular formula is C12H20N4O. The second-order valence-electron chi connectivity index (χ2n) is 5.57. The summed E-state index contributed by atoms with van der Waals surface area (Å²) in [5.74, 6) is 0.782. The first kappa shape index (κ1) is 11.0. The third-order valence-corrected chi connectivity index (χ3v) is 4.09. The van der Waals surface area contributed by atoms with E-state index in [2.05, 4.69) is 20.5 Å². The fraction of sp³-hybridized carbons (Fsp3) is 0.833. The number of nitrogens with zero attached hydrogens (tertiary/aromatic N) is 2. The third kappa shape index (κ3) is 1.56. The largest absolute Gasteiger partial charge is 0.340 e. The average molecular weight is 236 g/mol. The maximum Gasteiger partial charge on any atom is 0.254 e. The summed E-state index contributed by atoms with van der Waals surface area (Å²) in [5, 5.41) is 6.27. The van der Waals surface area contributed by atoms with Crippen molar-refractivity contribution >= 4 is 11.9 Å². The average Bonchev–Trinajstić information content (AvgIpc) is 2.86. The molecule has 94 valence electrons. The Morgan fingerprint density at radius 2 is 2.29 bits per heavy atom. The van der Waals surface area contributed by atoms with Gasteiger partial charge in [-0.15, -0.1) is 0 Å². The van der Waals surface area contributed by atoms with Gasteiger partial charge in [0.25, 0.3) is 5.91 Å². The summed E-state index contributed by atoms with van der Waals surface area (Å²) in [6, 6.07) is 0.566. The standard InChI is InChI=1S/C12H20N4O/c1-8(2)13-11-14-10(17)12(15-11)5-7-16-6-3-4-9(12)16/h8-9H,3-7H2,1-2H3,(H2,13,14,15,17). The van der Waals surface area contributed by atoms with Gasteiger partial charge in [-0.05, 0) is 39.7 Å². The monoisotopic (exact) mass is 236 g/mol. The Bertz CT molecular complexity index is 379. The highest BCUT2D eigenvalue weighted by Crippen LogP contribution is 2.37. The molecule has 0 aromatic rings. The predicted octanol–water partition coefficient (Wildman–Crippen LogP) is 0.0771. The number of hydrogen-bond acceptors (Lipinski definition) is 3. The molecule has 1 spiro atoms. The highest BCUT2D eigenvalue weighted by atomic mass is 16.2. The van der Waals surface area contributed by atoms with Crippen LogP contribution in [0.3, 0.4) is 0 Å². The van der Waals surface area contributed by atoms with E-state index in [1.165, 1.54) is 6.42 Å². The van der Waals surface area contributed by atoms with Crippen LogP contribution >= 0.6 is 0 Å². The lowest BCUT2D eigenvalue weighted by molar-refractivity contribution is -0.124. The molecule has 2 N–H and O–H groups in total. The van der Waals surface area contributed by atoms with Crippen LogP contribution in [0.25, 0.3) is 0 Å². The SMILES string of the molecule is CC(C)N=C1NC(=O)C2(CCN3CCCC32)N1. The molecule has 2 unspecified atom stereocenters. The van der Waals surface area contributed by atoms with Crippen molar-refractivity contribution in [3.8, 4) is 0 Å². The van der Waals surface area contributed by atoms with E-state index in [0.717, 1.165) is 25.9 Å². The normalized spacial score (nSPS) is 39.1. The van der Waals surface area contributed by atoms with Crippen molar-refractivity contribution in [2.75, 3.05) is 13.1 Å². The number of hydrogen-bond donors (Lipinski definition) is 2. The van der Waals surface area contributed by atoms with E-state index in [9.17, 15) is 4.79 Å². The van der Waals surface area contributed by atoms with E-state index in [1.54, 1.807) is 0 Å². The van der Waals surface area contributed by atoms with Crippen LogP contribution in [-0.2, 0) is 4.79 Å². The van der Waals surface area contributed by atoms with Crippen LogP contribution in [-0.4, -0.2) is 47.5 Å². The van der Waals surface area contributed by atoms with Gasteiger partial charge in [0, 0.05) is 18.6 Å². The zero-order chi connectivity index (χ0) is 12.0. The number of rotatable bonds is 1. The molecule has 17 heavy (non-hydrogen) atoms. The van der Waals surface area contributed by atoms with Gasteiger partial charge in [-0.25, -0.2) is 0 Å². The molecule has 1 amide bonds. The van der Waals surface area contributed by atoms with E-state index in [4.69, 9.17) is 0 Å². The summed E-state index contributed by atoms with van der Waals surface area (Å²) in [6.45, 7) is 6.20. The van der Waals surface area contributed by atoms with E-state index in [-0.39, 0.29) is 11.9 Å². The number of amides is 1. The van der Waals surface area contributed by atoms with Crippen LogP contribution in [0, 0.1) is 0 Å². The van der Waals surface area contributed by atoms with Gasteiger partial charge < -0.3 is 5.32 Å². The Balaban J connectivity index is 1.86. The van der Waals surface area contributed by atoms with Crippen molar-refractivity contribution in [1.29, 1.82) is 0 Å². The molecule has 0 aromatic carbocycles. The Morgan fingerprint density at radius 3 is 3.06 bits per heavy atom. The summed E-state index contributed by atoms with van der Waals surface area (Å²) >= 11 is 0.